The van der Waals surface area contributed by atoms with Crippen molar-refractivity contribution in [3.8, 4) is 5.75 Å². The number of hydrogen-bond donors (Lipinski definition) is 1. The molecule has 1 amide bonds. The predicted octanol–water partition coefficient (Wildman–Crippen LogP) is 4.36. The van der Waals surface area contributed by atoms with Crippen LogP contribution in [0.25, 0.3) is 21.1 Å². The van der Waals surface area contributed by atoms with Gasteiger partial charge in [-0.1, -0.05) is 0 Å². The van der Waals surface area contributed by atoms with E-state index >= 15 is 0 Å². The van der Waals surface area contributed by atoms with E-state index in [-0.39, 0.29) is 11.5 Å². The molecule has 1 aromatic carbocycles. The molecule has 1 aliphatic heterocycles. The maximum atomic E-state index is 12.9. The minimum Gasteiger partial charge on any atom is -0.497 e. The fourth-order valence-electron chi connectivity index (χ4n) is 4.83. The van der Waals surface area contributed by atoms with Gasteiger partial charge >= 0.3 is 0 Å². The van der Waals surface area contributed by atoms with Crippen LogP contribution in [-0.4, -0.2) is 45.5 Å². The van der Waals surface area contributed by atoms with Crippen LogP contribution in [0.5, 0.6) is 5.75 Å². The lowest BCUT2D eigenvalue weighted by Gasteiger charge is -2.32. The fourth-order valence-corrected chi connectivity index (χ4v) is 5.82. The summed E-state index contributed by atoms with van der Waals surface area (Å²) in [6, 6.07) is 6.09. The van der Waals surface area contributed by atoms with Crippen molar-refractivity contribution < 1.29 is 9.53 Å². The highest BCUT2D eigenvalue weighted by atomic mass is 32.1. The molecule has 1 N–H and O–H groups in total. The lowest BCUT2D eigenvalue weighted by molar-refractivity contribution is -0.132. The van der Waals surface area contributed by atoms with Gasteiger partial charge in [-0.2, -0.15) is 0 Å². The Morgan fingerprint density at radius 2 is 2.06 bits per heavy atom. The molecule has 4 heterocycles. The number of fused-ring (bicyclic) bond motifs is 2. The Balaban J connectivity index is 1.23. The maximum Gasteiger partial charge on any atom is 0.262 e. The Hall–Kier alpha value is -3.13. The molecule has 33 heavy (non-hydrogen) atoms. The van der Waals surface area contributed by atoms with Crippen molar-refractivity contribution >= 4 is 38.4 Å². The van der Waals surface area contributed by atoms with Crippen LogP contribution in [0.1, 0.15) is 41.2 Å². The average Bonchev–Trinajstić information content (AvgIpc) is 3.38. The molecule has 0 bridgehead atoms. The molecule has 1 fully saturated rings. The lowest BCUT2D eigenvalue weighted by Crippen LogP contribution is -2.38. The van der Waals surface area contributed by atoms with Gasteiger partial charge < -0.3 is 14.6 Å². The van der Waals surface area contributed by atoms with Crippen molar-refractivity contribution in [2.24, 2.45) is 0 Å². The zero-order valence-corrected chi connectivity index (χ0v) is 20.0. The highest BCUT2D eigenvalue weighted by Crippen LogP contribution is 2.35. The van der Waals surface area contributed by atoms with Crippen LogP contribution in [0.3, 0.4) is 0 Å². The predicted molar refractivity (Wildman–Crippen MR) is 131 cm³/mol. The number of H-pyrrole nitrogens is 1. The van der Waals surface area contributed by atoms with Crippen LogP contribution in [0, 0.1) is 13.8 Å². The van der Waals surface area contributed by atoms with Crippen LogP contribution in [0.2, 0.25) is 0 Å². The van der Waals surface area contributed by atoms with Gasteiger partial charge in [0.1, 0.15) is 10.6 Å². The number of thiophene rings is 1. The number of likely N-dealkylation sites (tertiary alicyclic amines) is 1. The number of nitrogens with one attached hydrogen (secondary N) is 1. The van der Waals surface area contributed by atoms with E-state index in [1.54, 1.807) is 29.3 Å². The third kappa shape index (κ3) is 3.93. The summed E-state index contributed by atoms with van der Waals surface area (Å²) in [6.07, 6.45) is 5.83. The molecule has 172 valence electrons. The molecule has 7 nitrogen and oxygen atoms in total. The smallest absolute Gasteiger partial charge is 0.262 e. The highest BCUT2D eigenvalue weighted by molar-refractivity contribution is 7.18. The van der Waals surface area contributed by atoms with Crippen molar-refractivity contribution in [1.82, 2.24) is 19.4 Å². The van der Waals surface area contributed by atoms with E-state index in [0.29, 0.717) is 24.3 Å². The summed E-state index contributed by atoms with van der Waals surface area (Å²) in [4.78, 5) is 37.4. The van der Waals surface area contributed by atoms with Crippen molar-refractivity contribution in [2.45, 2.75) is 45.6 Å². The van der Waals surface area contributed by atoms with Gasteiger partial charge in [0.2, 0.25) is 5.91 Å². The SMILES string of the molecule is COc1ccc2[nH]cc(C3CCN(C(=O)CCn4cnc5sc(C)c(C)c5c4=O)CC3)c2c1. The van der Waals surface area contributed by atoms with Gasteiger partial charge in [-0.3, -0.25) is 14.2 Å². The van der Waals surface area contributed by atoms with Crippen LogP contribution < -0.4 is 10.3 Å². The van der Waals surface area contributed by atoms with Crippen molar-refractivity contribution in [3.05, 3.63) is 57.1 Å². The number of aromatic nitrogens is 3. The highest BCUT2D eigenvalue weighted by Gasteiger charge is 2.25. The molecule has 0 saturated carbocycles. The molecule has 8 heteroatoms. The first-order valence-electron chi connectivity index (χ1n) is 11.3. The van der Waals surface area contributed by atoms with E-state index in [0.717, 1.165) is 52.5 Å². The van der Waals surface area contributed by atoms with Gasteiger partial charge in [0.25, 0.3) is 5.56 Å². The number of amides is 1. The summed E-state index contributed by atoms with van der Waals surface area (Å²) >= 11 is 1.54. The minimum atomic E-state index is -0.0527. The summed E-state index contributed by atoms with van der Waals surface area (Å²) in [5, 5.41) is 1.88. The number of benzene rings is 1. The van der Waals surface area contributed by atoms with E-state index in [1.807, 2.05) is 30.9 Å². The first kappa shape index (κ1) is 21.7. The van der Waals surface area contributed by atoms with Gasteiger partial charge in [0, 0.05) is 48.0 Å². The molecule has 1 saturated heterocycles. The first-order valence-corrected chi connectivity index (χ1v) is 12.2. The van der Waals surface area contributed by atoms with E-state index in [2.05, 4.69) is 22.2 Å². The summed E-state index contributed by atoms with van der Waals surface area (Å²) < 4.78 is 6.97. The number of rotatable bonds is 5. The molecule has 4 aromatic rings. The third-order valence-electron chi connectivity index (χ3n) is 6.93. The Morgan fingerprint density at radius 1 is 1.27 bits per heavy atom. The molecule has 0 radical (unpaired) electrons. The summed E-state index contributed by atoms with van der Waals surface area (Å²) in [7, 11) is 1.68. The number of carbonyl (C=O) groups is 1. The van der Waals surface area contributed by atoms with Crippen LogP contribution in [-0.2, 0) is 11.3 Å². The van der Waals surface area contributed by atoms with E-state index in [4.69, 9.17) is 4.74 Å². The molecule has 1 aliphatic rings. The second kappa shape index (κ2) is 8.67. The number of carbonyl (C=O) groups excluding carboxylic acids is 1. The normalized spacial score (nSPS) is 14.9. The molecular formula is C25H28N4O3S. The number of nitrogens with zero attached hydrogens (tertiary/aromatic N) is 3. The van der Waals surface area contributed by atoms with Gasteiger partial charge in [-0.25, -0.2) is 4.98 Å². The number of ether oxygens (including phenoxy) is 1. The maximum absolute atomic E-state index is 12.9. The van der Waals surface area contributed by atoms with Crippen molar-refractivity contribution in [2.75, 3.05) is 20.2 Å². The summed E-state index contributed by atoms with van der Waals surface area (Å²) in [6.45, 7) is 5.79. The van der Waals surface area contributed by atoms with Gasteiger partial charge in [-0.05, 0) is 61.9 Å². The molecule has 3 aromatic heterocycles. The second-order valence-electron chi connectivity index (χ2n) is 8.77. The van der Waals surface area contributed by atoms with E-state index < -0.39 is 0 Å². The molecule has 0 spiro atoms. The van der Waals surface area contributed by atoms with Crippen LogP contribution in [0.4, 0.5) is 0 Å². The van der Waals surface area contributed by atoms with Crippen LogP contribution in [0.15, 0.2) is 35.5 Å². The monoisotopic (exact) mass is 464 g/mol. The van der Waals surface area contributed by atoms with Gasteiger partial charge in [-0.15, -0.1) is 11.3 Å². The largest absolute Gasteiger partial charge is 0.497 e. The quantitative estimate of drug-likeness (QED) is 0.476. The van der Waals surface area contributed by atoms with E-state index in [9.17, 15) is 9.59 Å². The zero-order chi connectivity index (χ0) is 23.1. The standard InChI is InChI=1S/C25H28N4O3S/c1-15-16(2)33-24-23(15)25(31)29(14-27-24)11-8-22(30)28-9-6-17(7-10-28)20-13-26-21-5-4-18(32-3)12-19(20)21/h4-5,12-14,17,26H,6-11H2,1-3H3. The van der Waals surface area contributed by atoms with E-state index in [1.165, 1.54) is 10.9 Å². The second-order valence-corrected chi connectivity index (χ2v) is 9.97. The molecular weight excluding hydrogens is 436 g/mol. The number of piperidine rings is 1. The Morgan fingerprint density at radius 3 is 2.82 bits per heavy atom. The first-order chi connectivity index (χ1) is 16.0. The average molecular weight is 465 g/mol. The molecule has 5 rings (SSSR count). The molecule has 0 aliphatic carbocycles. The molecule has 0 unspecified atom stereocenters. The Labute approximate surface area is 196 Å². The van der Waals surface area contributed by atoms with Crippen molar-refractivity contribution in [1.29, 1.82) is 0 Å². The van der Waals surface area contributed by atoms with Crippen molar-refractivity contribution in [3.63, 3.8) is 0 Å². The van der Waals surface area contributed by atoms with Gasteiger partial charge in [0.05, 0.1) is 18.8 Å². The number of aryl methyl sites for hydroxylation is 3. The Kier molecular flexibility index (Phi) is 5.70. The zero-order valence-electron chi connectivity index (χ0n) is 19.2. The summed E-state index contributed by atoms with van der Waals surface area (Å²) in [5.74, 6) is 1.36. The number of hydrogen-bond acceptors (Lipinski definition) is 5. The minimum absolute atomic E-state index is 0.0527. The topological polar surface area (TPSA) is 80.2 Å². The lowest BCUT2D eigenvalue weighted by atomic mass is 9.89. The summed E-state index contributed by atoms with van der Waals surface area (Å²) in [5.41, 5.74) is 3.34. The third-order valence-corrected chi connectivity index (χ3v) is 8.05. The number of aromatic amines is 1. The Bertz CT molecular complexity index is 1390. The number of methoxy groups -OCH3 is 1. The van der Waals surface area contributed by atoms with Crippen LogP contribution >= 0.6 is 11.3 Å². The van der Waals surface area contributed by atoms with Gasteiger partial charge in [0.15, 0.2) is 0 Å². The molecule has 0 atom stereocenters. The fraction of sp³-hybridized carbons (Fsp3) is 0.400.